The van der Waals surface area contributed by atoms with Crippen molar-refractivity contribution in [3.05, 3.63) is 0 Å². The normalized spacial score (nSPS) is 34.2. The first-order valence-electron chi connectivity index (χ1n) is 10.4. The molecule has 0 radical (unpaired) electrons. The highest BCUT2D eigenvalue weighted by molar-refractivity contribution is 5.54. The SMILES string of the molecule is CC1CCCCC1C=O.CCC.CNC1CC(C(C)C)C(CO)OC1O. The van der Waals surface area contributed by atoms with Crippen LogP contribution in [0, 0.1) is 23.7 Å². The number of hydrogen-bond acceptors (Lipinski definition) is 5. The zero-order chi connectivity index (χ0) is 20.1. The summed E-state index contributed by atoms with van der Waals surface area (Å²) in [6.07, 6.45) is 7.17. The number of aldehydes is 1. The van der Waals surface area contributed by atoms with Crippen molar-refractivity contribution in [2.75, 3.05) is 13.7 Å². The Bertz CT molecular complexity index is 351. The molecule has 2 aliphatic rings. The highest BCUT2D eigenvalue weighted by Crippen LogP contribution is 2.30. The molecule has 26 heavy (non-hydrogen) atoms. The fraction of sp³-hybridized carbons (Fsp3) is 0.952. The predicted octanol–water partition coefficient (Wildman–Crippen LogP) is 3.37. The Morgan fingerprint density at radius 2 is 1.81 bits per heavy atom. The molecule has 1 saturated carbocycles. The number of likely N-dealkylation sites (N-methyl/N-ethyl adjacent to an activating group) is 1. The van der Waals surface area contributed by atoms with Crippen LogP contribution in [0.2, 0.25) is 0 Å². The summed E-state index contributed by atoms with van der Waals surface area (Å²) in [7, 11) is 1.81. The van der Waals surface area contributed by atoms with Crippen molar-refractivity contribution in [1.82, 2.24) is 5.32 Å². The van der Waals surface area contributed by atoms with E-state index in [0.717, 1.165) is 19.1 Å². The summed E-state index contributed by atoms with van der Waals surface area (Å²) in [6.45, 7) is 10.6. The van der Waals surface area contributed by atoms with Gasteiger partial charge in [0.2, 0.25) is 0 Å². The van der Waals surface area contributed by atoms with E-state index in [1.165, 1.54) is 25.7 Å². The van der Waals surface area contributed by atoms with Crippen molar-refractivity contribution in [1.29, 1.82) is 0 Å². The molecule has 0 aromatic carbocycles. The monoisotopic (exact) mass is 373 g/mol. The van der Waals surface area contributed by atoms with Crippen molar-refractivity contribution >= 4 is 6.29 Å². The van der Waals surface area contributed by atoms with Crippen LogP contribution in [0.3, 0.4) is 0 Å². The fourth-order valence-corrected chi connectivity index (χ4v) is 3.62. The van der Waals surface area contributed by atoms with Gasteiger partial charge in [-0.05, 0) is 37.6 Å². The van der Waals surface area contributed by atoms with Gasteiger partial charge in [-0.1, -0.05) is 60.3 Å². The Balaban J connectivity index is 0.000000446. The summed E-state index contributed by atoms with van der Waals surface area (Å²) in [5, 5.41) is 21.7. The van der Waals surface area contributed by atoms with Gasteiger partial charge in [0.1, 0.15) is 6.29 Å². The van der Waals surface area contributed by atoms with E-state index in [4.69, 9.17) is 9.84 Å². The van der Waals surface area contributed by atoms with Gasteiger partial charge in [0.15, 0.2) is 6.29 Å². The van der Waals surface area contributed by atoms with Crippen LogP contribution in [0.15, 0.2) is 0 Å². The van der Waals surface area contributed by atoms with E-state index in [-0.39, 0.29) is 18.8 Å². The third kappa shape index (κ3) is 8.94. The summed E-state index contributed by atoms with van der Waals surface area (Å²) in [6, 6.07) is -0.0230. The standard InChI is InChI=1S/C10H21NO3.C8H14O.C3H8/c1-6(2)7-4-8(11-3)10(13)14-9(7)5-12;1-7-4-2-3-5-8(7)6-9;1-3-2/h6-13H,4-5H2,1-3H3;6-8H,2-5H2,1H3;3H2,1-2H3. The lowest BCUT2D eigenvalue weighted by molar-refractivity contribution is -0.211. The Kier molecular flexibility index (Phi) is 14.3. The smallest absolute Gasteiger partial charge is 0.170 e. The molecule has 6 atom stereocenters. The maximum atomic E-state index is 10.4. The number of rotatable bonds is 4. The lowest BCUT2D eigenvalue weighted by Crippen LogP contribution is -2.52. The summed E-state index contributed by atoms with van der Waals surface area (Å²) in [5.74, 6) is 1.78. The minimum Gasteiger partial charge on any atom is -0.394 e. The zero-order valence-electron chi connectivity index (χ0n) is 17.8. The van der Waals surface area contributed by atoms with E-state index in [9.17, 15) is 9.90 Å². The van der Waals surface area contributed by atoms with Gasteiger partial charge in [0, 0.05) is 5.92 Å². The second kappa shape index (κ2) is 14.6. The molecule has 6 unspecified atom stereocenters. The summed E-state index contributed by atoms with van der Waals surface area (Å²) in [4.78, 5) is 10.4. The van der Waals surface area contributed by atoms with Gasteiger partial charge in [-0.25, -0.2) is 0 Å². The highest BCUT2D eigenvalue weighted by Gasteiger charge is 2.37. The minimum atomic E-state index is -0.799. The number of carbonyl (C=O) groups excluding carboxylic acids is 1. The molecule has 0 aromatic heterocycles. The van der Waals surface area contributed by atoms with Crippen molar-refractivity contribution in [3.63, 3.8) is 0 Å². The molecule has 156 valence electrons. The molecule has 1 saturated heterocycles. The molecule has 0 amide bonds. The first-order chi connectivity index (χ1) is 12.4. The molecule has 0 aromatic rings. The van der Waals surface area contributed by atoms with Gasteiger partial charge >= 0.3 is 0 Å². The topological polar surface area (TPSA) is 78.8 Å². The quantitative estimate of drug-likeness (QED) is 0.659. The van der Waals surface area contributed by atoms with Crippen LogP contribution in [-0.2, 0) is 9.53 Å². The van der Waals surface area contributed by atoms with Gasteiger partial charge in [-0.3, -0.25) is 0 Å². The highest BCUT2D eigenvalue weighted by atomic mass is 16.6. The molecule has 1 aliphatic heterocycles. The molecule has 5 heteroatoms. The maximum absolute atomic E-state index is 10.4. The van der Waals surface area contributed by atoms with E-state index >= 15 is 0 Å². The van der Waals surface area contributed by atoms with Gasteiger partial charge in [-0.2, -0.15) is 0 Å². The Morgan fingerprint density at radius 3 is 2.19 bits per heavy atom. The largest absolute Gasteiger partial charge is 0.394 e. The third-order valence-electron chi connectivity index (χ3n) is 5.42. The van der Waals surface area contributed by atoms with Gasteiger partial charge in [0.05, 0.1) is 18.8 Å². The van der Waals surface area contributed by atoms with E-state index in [0.29, 0.717) is 23.7 Å². The van der Waals surface area contributed by atoms with Crippen molar-refractivity contribution in [3.8, 4) is 0 Å². The Labute approximate surface area is 160 Å². The second-order valence-corrected chi connectivity index (χ2v) is 8.06. The van der Waals surface area contributed by atoms with Crippen LogP contribution in [0.5, 0.6) is 0 Å². The Morgan fingerprint density at radius 1 is 1.23 bits per heavy atom. The molecular weight excluding hydrogens is 330 g/mol. The minimum absolute atomic E-state index is 0.0175. The van der Waals surface area contributed by atoms with Crippen LogP contribution in [0.25, 0.3) is 0 Å². The van der Waals surface area contributed by atoms with E-state index < -0.39 is 6.29 Å². The van der Waals surface area contributed by atoms with E-state index in [2.05, 4.69) is 39.9 Å². The van der Waals surface area contributed by atoms with E-state index in [1.807, 2.05) is 7.05 Å². The van der Waals surface area contributed by atoms with Crippen molar-refractivity contribution in [2.24, 2.45) is 23.7 Å². The van der Waals surface area contributed by atoms with E-state index in [1.54, 1.807) is 0 Å². The molecule has 2 fully saturated rings. The van der Waals surface area contributed by atoms with Gasteiger partial charge < -0.3 is 25.1 Å². The molecule has 3 N–H and O–H groups in total. The van der Waals surface area contributed by atoms with Crippen molar-refractivity contribution in [2.45, 2.75) is 91.6 Å². The second-order valence-electron chi connectivity index (χ2n) is 8.06. The number of carbonyl (C=O) groups is 1. The summed E-state index contributed by atoms with van der Waals surface area (Å²) < 4.78 is 5.36. The molecule has 2 rings (SSSR count). The van der Waals surface area contributed by atoms with Crippen LogP contribution < -0.4 is 5.32 Å². The molecule has 0 bridgehead atoms. The lowest BCUT2D eigenvalue weighted by atomic mass is 9.81. The number of hydrogen-bond donors (Lipinski definition) is 3. The lowest BCUT2D eigenvalue weighted by Gasteiger charge is -2.40. The third-order valence-corrected chi connectivity index (χ3v) is 5.42. The van der Waals surface area contributed by atoms with Gasteiger partial charge in [0.25, 0.3) is 0 Å². The van der Waals surface area contributed by atoms with Crippen molar-refractivity contribution < 1.29 is 19.7 Å². The van der Waals surface area contributed by atoms with Gasteiger partial charge in [-0.15, -0.1) is 0 Å². The summed E-state index contributed by atoms with van der Waals surface area (Å²) >= 11 is 0. The first kappa shape index (κ1) is 25.5. The average molecular weight is 374 g/mol. The van der Waals surface area contributed by atoms with Crippen LogP contribution in [-0.4, -0.2) is 48.6 Å². The molecule has 1 aliphatic carbocycles. The molecule has 5 nitrogen and oxygen atoms in total. The summed E-state index contributed by atoms with van der Waals surface area (Å²) in [5.41, 5.74) is 0. The number of nitrogens with one attached hydrogen (secondary N) is 1. The Hall–Kier alpha value is -0.490. The fourth-order valence-electron chi connectivity index (χ4n) is 3.62. The first-order valence-corrected chi connectivity index (χ1v) is 10.4. The van der Waals surface area contributed by atoms with Crippen LogP contribution in [0.1, 0.15) is 73.1 Å². The number of ether oxygens (including phenoxy) is 1. The zero-order valence-corrected chi connectivity index (χ0v) is 17.8. The number of aliphatic hydroxyl groups is 2. The molecule has 0 spiro atoms. The maximum Gasteiger partial charge on any atom is 0.170 e. The van der Waals surface area contributed by atoms with Crippen LogP contribution >= 0.6 is 0 Å². The molecular formula is C21H43NO4. The number of aliphatic hydroxyl groups excluding tert-OH is 2. The molecule has 1 heterocycles. The van der Waals surface area contributed by atoms with Crippen LogP contribution in [0.4, 0.5) is 0 Å². The average Bonchev–Trinajstić information content (AvgIpc) is 2.62. The predicted molar refractivity (Wildman–Crippen MR) is 107 cm³/mol.